The van der Waals surface area contributed by atoms with E-state index in [1.165, 1.54) is 4.31 Å². The van der Waals surface area contributed by atoms with Crippen molar-refractivity contribution in [2.45, 2.75) is 43.9 Å². The number of aromatic nitrogens is 2. The van der Waals surface area contributed by atoms with Crippen LogP contribution in [0.15, 0.2) is 11.2 Å². The normalized spacial score (nSPS) is 18.2. The second-order valence-electron chi connectivity index (χ2n) is 5.24. The summed E-state index contributed by atoms with van der Waals surface area (Å²) in [4.78, 5) is 0. The first-order valence-corrected chi connectivity index (χ1v) is 8.79. The third-order valence-electron chi connectivity index (χ3n) is 3.75. The SMILES string of the molecule is CCCNCc1cn[nH]c1S(=O)(=O)N1CCC(OC)CC1. The van der Waals surface area contributed by atoms with Crippen LogP contribution < -0.4 is 5.32 Å². The van der Waals surface area contributed by atoms with E-state index in [-0.39, 0.29) is 11.1 Å². The molecule has 1 aliphatic heterocycles. The molecule has 120 valence electrons. The zero-order valence-electron chi connectivity index (χ0n) is 12.6. The van der Waals surface area contributed by atoms with Crippen LogP contribution >= 0.6 is 0 Å². The first kappa shape index (κ1) is 16.4. The van der Waals surface area contributed by atoms with Gasteiger partial charge in [0.05, 0.1) is 12.3 Å². The molecule has 1 saturated heterocycles. The standard InChI is InChI=1S/C13H24N4O3S/c1-3-6-14-9-11-10-15-16-13(11)21(18,19)17-7-4-12(20-2)5-8-17/h10,12,14H,3-9H2,1-2H3,(H,15,16). The Morgan fingerprint density at radius 3 is 2.81 bits per heavy atom. The Bertz CT molecular complexity index is 535. The molecule has 0 spiro atoms. The average Bonchev–Trinajstić information content (AvgIpc) is 2.97. The number of nitrogens with zero attached hydrogens (tertiary/aromatic N) is 2. The molecular weight excluding hydrogens is 292 g/mol. The molecule has 2 heterocycles. The van der Waals surface area contributed by atoms with Crippen molar-refractivity contribution in [3.05, 3.63) is 11.8 Å². The largest absolute Gasteiger partial charge is 0.381 e. The third-order valence-corrected chi connectivity index (χ3v) is 5.67. The summed E-state index contributed by atoms with van der Waals surface area (Å²) < 4.78 is 32.2. The number of sulfonamides is 1. The van der Waals surface area contributed by atoms with E-state index in [4.69, 9.17) is 4.74 Å². The molecule has 0 saturated carbocycles. The molecule has 0 radical (unpaired) electrons. The first-order chi connectivity index (χ1) is 10.1. The van der Waals surface area contributed by atoms with Gasteiger partial charge in [-0.15, -0.1) is 0 Å². The molecule has 0 bridgehead atoms. The van der Waals surface area contributed by atoms with Crippen LogP contribution in [0.1, 0.15) is 31.7 Å². The zero-order chi connectivity index (χ0) is 15.3. The van der Waals surface area contributed by atoms with Crippen molar-refractivity contribution >= 4 is 10.0 Å². The summed E-state index contributed by atoms with van der Waals surface area (Å²) in [7, 11) is -1.83. The molecule has 2 rings (SSSR count). The lowest BCUT2D eigenvalue weighted by Gasteiger charge is -2.30. The quantitative estimate of drug-likeness (QED) is 0.723. The van der Waals surface area contributed by atoms with Crippen LogP contribution in [0.5, 0.6) is 0 Å². The van der Waals surface area contributed by atoms with E-state index in [9.17, 15) is 8.42 Å². The monoisotopic (exact) mass is 316 g/mol. The maximum absolute atomic E-state index is 12.7. The van der Waals surface area contributed by atoms with Gasteiger partial charge in [0.1, 0.15) is 0 Å². The van der Waals surface area contributed by atoms with E-state index in [0.717, 1.165) is 25.8 Å². The molecule has 7 nitrogen and oxygen atoms in total. The van der Waals surface area contributed by atoms with Gasteiger partial charge < -0.3 is 10.1 Å². The number of H-pyrrole nitrogens is 1. The predicted octanol–water partition coefficient (Wildman–Crippen LogP) is 0.709. The second-order valence-corrected chi connectivity index (χ2v) is 7.12. The van der Waals surface area contributed by atoms with Crippen LogP contribution in [0, 0.1) is 0 Å². The maximum atomic E-state index is 12.7. The van der Waals surface area contributed by atoms with Gasteiger partial charge in [-0.3, -0.25) is 5.10 Å². The summed E-state index contributed by atoms with van der Waals surface area (Å²) in [6.45, 7) is 4.40. The molecular formula is C13H24N4O3S. The lowest BCUT2D eigenvalue weighted by atomic mass is 10.1. The highest BCUT2D eigenvalue weighted by Gasteiger charge is 2.32. The Hall–Kier alpha value is -0.960. The Kier molecular flexibility index (Phi) is 5.74. The van der Waals surface area contributed by atoms with Gasteiger partial charge in [0.25, 0.3) is 10.0 Å². The molecule has 0 unspecified atom stereocenters. The van der Waals surface area contributed by atoms with E-state index in [2.05, 4.69) is 22.4 Å². The number of aromatic amines is 1. The summed E-state index contributed by atoms with van der Waals surface area (Å²) in [6, 6.07) is 0. The molecule has 0 aromatic carbocycles. The minimum absolute atomic E-state index is 0.156. The summed E-state index contributed by atoms with van der Waals surface area (Å²) >= 11 is 0. The van der Waals surface area contributed by atoms with Gasteiger partial charge in [-0.1, -0.05) is 6.92 Å². The number of nitrogens with one attached hydrogen (secondary N) is 2. The van der Waals surface area contributed by atoms with Crippen molar-refractivity contribution in [1.82, 2.24) is 19.8 Å². The number of piperidine rings is 1. The van der Waals surface area contributed by atoms with E-state index < -0.39 is 10.0 Å². The smallest absolute Gasteiger partial charge is 0.260 e. The Morgan fingerprint density at radius 1 is 1.48 bits per heavy atom. The minimum atomic E-state index is -3.50. The van der Waals surface area contributed by atoms with Crippen LogP contribution in [0.2, 0.25) is 0 Å². The van der Waals surface area contributed by atoms with Gasteiger partial charge in [0.15, 0.2) is 5.03 Å². The van der Waals surface area contributed by atoms with E-state index in [0.29, 0.717) is 25.2 Å². The fourth-order valence-electron chi connectivity index (χ4n) is 2.49. The van der Waals surface area contributed by atoms with Crippen LogP contribution in [0.4, 0.5) is 0 Å². The highest BCUT2D eigenvalue weighted by Crippen LogP contribution is 2.22. The fraction of sp³-hybridized carbons (Fsp3) is 0.769. The van der Waals surface area contributed by atoms with Crippen molar-refractivity contribution in [2.75, 3.05) is 26.7 Å². The third kappa shape index (κ3) is 3.82. The fourth-order valence-corrected chi connectivity index (χ4v) is 4.06. The van der Waals surface area contributed by atoms with Gasteiger partial charge >= 0.3 is 0 Å². The topological polar surface area (TPSA) is 87.3 Å². The number of methoxy groups -OCH3 is 1. The average molecular weight is 316 g/mol. The lowest BCUT2D eigenvalue weighted by molar-refractivity contribution is 0.0604. The highest BCUT2D eigenvalue weighted by atomic mass is 32.2. The molecule has 0 atom stereocenters. The van der Waals surface area contributed by atoms with Gasteiger partial charge in [-0.25, -0.2) is 8.42 Å². The van der Waals surface area contributed by atoms with Gasteiger partial charge in [-0.05, 0) is 25.8 Å². The Labute approximate surface area is 126 Å². The van der Waals surface area contributed by atoms with Crippen LogP contribution in [-0.4, -0.2) is 55.8 Å². The molecule has 0 aliphatic carbocycles. The predicted molar refractivity (Wildman–Crippen MR) is 79.4 cm³/mol. The highest BCUT2D eigenvalue weighted by molar-refractivity contribution is 7.89. The lowest BCUT2D eigenvalue weighted by Crippen LogP contribution is -2.41. The number of hydrogen-bond acceptors (Lipinski definition) is 5. The van der Waals surface area contributed by atoms with Crippen molar-refractivity contribution < 1.29 is 13.2 Å². The molecule has 2 N–H and O–H groups in total. The number of rotatable bonds is 7. The second kappa shape index (κ2) is 7.35. The molecule has 21 heavy (non-hydrogen) atoms. The Morgan fingerprint density at radius 2 is 2.19 bits per heavy atom. The molecule has 8 heteroatoms. The van der Waals surface area contributed by atoms with Crippen LogP contribution in [-0.2, 0) is 21.3 Å². The molecule has 1 aromatic rings. The first-order valence-electron chi connectivity index (χ1n) is 7.35. The zero-order valence-corrected chi connectivity index (χ0v) is 13.4. The Balaban J connectivity index is 2.08. The summed E-state index contributed by atoms with van der Waals surface area (Å²) in [5.74, 6) is 0. The minimum Gasteiger partial charge on any atom is -0.381 e. The number of hydrogen-bond donors (Lipinski definition) is 2. The molecule has 0 amide bonds. The van der Waals surface area contributed by atoms with Crippen molar-refractivity contribution in [3.8, 4) is 0 Å². The summed E-state index contributed by atoms with van der Waals surface area (Å²) in [5.41, 5.74) is 0.692. The van der Waals surface area contributed by atoms with Crippen molar-refractivity contribution in [1.29, 1.82) is 0 Å². The van der Waals surface area contributed by atoms with E-state index in [1.54, 1.807) is 13.3 Å². The van der Waals surface area contributed by atoms with Crippen LogP contribution in [0.3, 0.4) is 0 Å². The van der Waals surface area contributed by atoms with Gasteiger partial charge in [0.2, 0.25) is 0 Å². The van der Waals surface area contributed by atoms with E-state index >= 15 is 0 Å². The van der Waals surface area contributed by atoms with Gasteiger partial charge in [-0.2, -0.15) is 9.40 Å². The summed E-state index contributed by atoms with van der Waals surface area (Å²) in [6.07, 6.45) is 4.20. The van der Waals surface area contributed by atoms with Crippen LogP contribution in [0.25, 0.3) is 0 Å². The van der Waals surface area contributed by atoms with Crippen molar-refractivity contribution in [3.63, 3.8) is 0 Å². The van der Waals surface area contributed by atoms with Crippen molar-refractivity contribution in [2.24, 2.45) is 0 Å². The number of ether oxygens (including phenoxy) is 1. The molecule has 1 fully saturated rings. The summed E-state index contributed by atoms with van der Waals surface area (Å²) in [5, 5.41) is 9.96. The molecule has 1 aromatic heterocycles. The molecule has 1 aliphatic rings. The van der Waals surface area contributed by atoms with E-state index in [1.807, 2.05) is 0 Å². The van der Waals surface area contributed by atoms with Gasteiger partial charge in [0, 0.05) is 32.3 Å². The maximum Gasteiger partial charge on any atom is 0.260 e.